The number of H-pyrrole nitrogens is 1. The van der Waals surface area contributed by atoms with Crippen molar-refractivity contribution in [2.45, 2.75) is 39.0 Å². The summed E-state index contributed by atoms with van der Waals surface area (Å²) in [4.78, 5) is 6.69. The molecule has 4 heterocycles. The summed E-state index contributed by atoms with van der Waals surface area (Å²) in [7, 11) is 0. The Kier molecular flexibility index (Phi) is 2.94. The summed E-state index contributed by atoms with van der Waals surface area (Å²) in [5.74, 6) is 0.374. The number of aromatic nitrogens is 4. The molecule has 1 saturated heterocycles. The van der Waals surface area contributed by atoms with Crippen LogP contribution in [0.2, 0.25) is 0 Å². The van der Waals surface area contributed by atoms with Crippen LogP contribution in [-0.4, -0.2) is 45.4 Å². The zero-order chi connectivity index (χ0) is 24.2. The highest BCUT2D eigenvalue weighted by atomic mass is 32.1. The smallest absolute Gasteiger partial charge is 0.130 e. The first-order valence-electron chi connectivity index (χ1n) is 11.5. The molecule has 0 amide bonds. The number of pyridine rings is 1. The first-order chi connectivity index (χ1) is 15.4. The summed E-state index contributed by atoms with van der Waals surface area (Å²) < 4.78 is 58.8. The van der Waals surface area contributed by atoms with E-state index in [1.165, 1.54) is 6.07 Å². The fraction of sp³-hybridized carbons (Fsp3) is 0.474. The zero-order valence-electron chi connectivity index (χ0n) is 20.9. The highest BCUT2D eigenvalue weighted by Crippen LogP contribution is 2.39. The molecule has 3 aromatic rings. The molecule has 0 saturated carbocycles. The number of fused-ring (bicyclic) bond motifs is 1. The van der Waals surface area contributed by atoms with Gasteiger partial charge in [-0.1, -0.05) is 0 Å². The number of hydrogen-bond donors (Lipinski definition) is 1. The van der Waals surface area contributed by atoms with Crippen LogP contribution in [-0.2, 0) is 10.2 Å². The Labute approximate surface area is 170 Å². The molecule has 27 heavy (non-hydrogen) atoms. The average Bonchev–Trinajstić information content (AvgIpc) is 3.32. The number of rotatable bonds is 3. The molecule has 1 aliphatic rings. The maximum Gasteiger partial charge on any atom is 0.130 e. The molecule has 0 aromatic carbocycles. The molecule has 1 aliphatic heterocycles. The van der Waals surface area contributed by atoms with Crippen LogP contribution in [0.3, 0.4) is 0 Å². The van der Waals surface area contributed by atoms with Gasteiger partial charge in [-0.2, -0.15) is 14.7 Å². The fourth-order valence-electron chi connectivity index (χ4n) is 3.18. The highest BCUT2D eigenvalue weighted by Gasteiger charge is 2.29. The molecule has 3 aromatic heterocycles. The van der Waals surface area contributed by atoms with Crippen molar-refractivity contribution in [1.82, 2.24) is 19.6 Å². The lowest BCUT2D eigenvalue weighted by Crippen LogP contribution is -2.44. The van der Waals surface area contributed by atoms with E-state index in [0.717, 1.165) is 17.2 Å². The van der Waals surface area contributed by atoms with Gasteiger partial charge < -0.3 is 9.64 Å². The number of aryl methyl sites for hydroxylation is 1. The van der Waals surface area contributed by atoms with E-state index in [4.69, 9.17) is 17.9 Å². The van der Waals surface area contributed by atoms with Crippen LogP contribution in [0.15, 0.2) is 12.1 Å². The average molecular weight is 389 g/mol. The Bertz CT molecular complexity index is 1210. The molecule has 0 radical (unpaired) electrons. The predicted octanol–water partition coefficient (Wildman–Crippen LogP) is 3.42. The van der Waals surface area contributed by atoms with Gasteiger partial charge in [0.05, 0.1) is 46.8 Å². The standard InChI is InChI=1S/C19H22N6OS/c1-11-7-14(23-22-11)16-17-18(27-24-16)13(19(3,4)10-20)8-15(21-17)25-5-6-26-9-12(25)2/h7-8,12H,5-6,9H2,1-4H3,(H,22,23)/t12-/m1/s1/i3D3,4D3. The van der Waals surface area contributed by atoms with Gasteiger partial charge in [0.1, 0.15) is 17.0 Å². The number of anilines is 1. The number of aromatic amines is 1. The molecule has 1 N–H and O–H groups in total. The quantitative estimate of drug-likeness (QED) is 0.739. The van der Waals surface area contributed by atoms with Crippen LogP contribution in [0.1, 0.15) is 40.1 Å². The molecule has 7 nitrogen and oxygen atoms in total. The van der Waals surface area contributed by atoms with E-state index in [9.17, 15) is 5.26 Å². The number of hydrogen-bond acceptors (Lipinski definition) is 7. The van der Waals surface area contributed by atoms with Crippen molar-refractivity contribution < 1.29 is 13.0 Å². The third kappa shape index (κ3) is 3.07. The zero-order valence-corrected chi connectivity index (χ0v) is 15.7. The summed E-state index contributed by atoms with van der Waals surface area (Å²) in [6, 6.07) is 4.77. The van der Waals surface area contributed by atoms with Crippen LogP contribution >= 0.6 is 11.5 Å². The van der Waals surface area contributed by atoms with Crippen molar-refractivity contribution in [1.29, 1.82) is 5.26 Å². The van der Waals surface area contributed by atoms with E-state index in [1.54, 1.807) is 19.1 Å². The molecule has 1 atom stereocenters. The lowest BCUT2D eigenvalue weighted by atomic mass is 9.86. The summed E-state index contributed by atoms with van der Waals surface area (Å²) in [6.45, 7) is -1.18. The number of ether oxygens (including phenoxy) is 1. The van der Waals surface area contributed by atoms with Gasteiger partial charge in [0.2, 0.25) is 0 Å². The highest BCUT2D eigenvalue weighted by molar-refractivity contribution is 7.13. The minimum absolute atomic E-state index is 0.0852. The van der Waals surface area contributed by atoms with E-state index in [0.29, 0.717) is 42.5 Å². The normalized spacial score (nSPS) is 22.3. The summed E-state index contributed by atoms with van der Waals surface area (Å²) in [5.41, 5.74) is -0.858. The van der Waals surface area contributed by atoms with E-state index < -0.39 is 19.1 Å². The Morgan fingerprint density at radius 1 is 1.48 bits per heavy atom. The topological polar surface area (TPSA) is 90.7 Å². The van der Waals surface area contributed by atoms with Crippen molar-refractivity contribution in [2.24, 2.45) is 0 Å². The lowest BCUT2D eigenvalue weighted by Gasteiger charge is -2.35. The molecule has 0 bridgehead atoms. The molecule has 1 fully saturated rings. The van der Waals surface area contributed by atoms with E-state index in [-0.39, 0.29) is 16.3 Å². The number of nitriles is 1. The van der Waals surface area contributed by atoms with Crippen molar-refractivity contribution >= 4 is 27.6 Å². The maximum absolute atomic E-state index is 10.1. The van der Waals surface area contributed by atoms with Gasteiger partial charge in [0.15, 0.2) is 0 Å². The monoisotopic (exact) mass is 388 g/mol. The van der Waals surface area contributed by atoms with Crippen LogP contribution in [0.25, 0.3) is 21.6 Å². The van der Waals surface area contributed by atoms with Crippen molar-refractivity contribution in [3.63, 3.8) is 0 Å². The Morgan fingerprint density at radius 3 is 3.00 bits per heavy atom. The minimum atomic E-state index is -3.14. The fourth-order valence-corrected chi connectivity index (χ4v) is 4.09. The third-order valence-electron chi connectivity index (χ3n) is 4.61. The van der Waals surface area contributed by atoms with Gasteiger partial charge >= 0.3 is 0 Å². The van der Waals surface area contributed by atoms with Crippen molar-refractivity contribution in [3.8, 4) is 17.5 Å². The molecule has 140 valence electrons. The van der Waals surface area contributed by atoms with Gasteiger partial charge in [-0.3, -0.25) is 5.10 Å². The second-order valence-electron chi connectivity index (χ2n) is 6.64. The van der Waals surface area contributed by atoms with E-state index in [1.807, 2.05) is 11.8 Å². The first kappa shape index (κ1) is 12.1. The molecule has 8 heteroatoms. The van der Waals surface area contributed by atoms with Crippen LogP contribution in [0.4, 0.5) is 5.82 Å². The van der Waals surface area contributed by atoms with E-state index in [2.05, 4.69) is 14.6 Å². The van der Waals surface area contributed by atoms with Crippen LogP contribution < -0.4 is 4.90 Å². The summed E-state index contributed by atoms with van der Waals surface area (Å²) in [6.07, 6.45) is 0. The third-order valence-corrected chi connectivity index (χ3v) is 5.48. The number of nitrogens with one attached hydrogen (secondary N) is 1. The van der Waals surface area contributed by atoms with Crippen molar-refractivity contribution in [3.05, 3.63) is 23.4 Å². The molecule has 0 spiro atoms. The largest absolute Gasteiger partial charge is 0.377 e. The molecular formula is C19H22N6OS. The van der Waals surface area contributed by atoms with Crippen molar-refractivity contribution in [2.75, 3.05) is 24.7 Å². The predicted molar refractivity (Wildman–Crippen MR) is 106 cm³/mol. The van der Waals surface area contributed by atoms with Crippen LogP contribution in [0, 0.1) is 18.3 Å². The second-order valence-corrected chi connectivity index (χ2v) is 7.41. The lowest BCUT2D eigenvalue weighted by molar-refractivity contribution is 0.0985. The molecule has 4 rings (SSSR count). The molecule has 0 unspecified atom stereocenters. The van der Waals surface area contributed by atoms with E-state index >= 15 is 0 Å². The Balaban J connectivity index is 2.09. The number of nitrogens with zero attached hydrogens (tertiary/aromatic N) is 5. The Morgan fingerprint density at radius 2 is 2.33 bits per heavy atom. The minimum Gasteiger partial charge on any atom is -0.377 e. The van der Waals surface area contributed by atoms with Crippen LogP contribution in [0.5, 0.6) is 0 Å². The maximum atomic E-state index is 10.1. The number of morpholine rings is 1. The summed E-state index contributed by atoms with van der Waals surface area (Å²) in [5, 5.41) is 17.1. The molecule has 0 aliphatic carbocycles. The van der Waals surface area contributed by atoms with Gasteiger partial charge in [-0.25, -0.2) is 4.98 Å². The first-order valence-corrected chi connectivity index (χ1v) is 9.27. The van der Waals surface area contributed by atoms with Gasteiger partial charge in [-0.15, -0.1) is 0 Å². The second kappa shape index (κ2) is 6.59. The van der Waals surface area contributed by atoms with Gasteiger partial charge in [0.25, 0.3) is 0 Å². The van der Waals surface area contributed by atoms with Gasteiger partial charge in [0, 0.05) is 14.8 Å². The van der Waals surface area contributed by atoms with Gasteiger partial charge in [-0.05, 0) is 56.8 Å². The molecular weight excluding hydrogens is 360 g/mol. The SMILES string of the molecule is [2H]C([2H])([2H])C(C#N)(c1cc(N2CCOC[C@H]2C)nc2c(-c3cc(C)n[nH]3)nsc12)C([2H])([2H])[2H]. The Hall–Kier alpha value is -2.50. The summed E-state index contributed by atoms with van der Waals surface area (Å²) >= 11 is 0.921.